The van der Waals surface area contributed by atoms with E-state index in [1.54, 1.807) is 6.07 Å². The second kappa shape index (κ2) is 6.12. The third kappa shape index (κ3) is 3.39. The zero-order valence-electron chi connectivity index (χ0n) is 9.93. The number of pyridine rings is 1. The highest BCUT2D eigenvalue weighted by atomic mass is 79.9. The van der Waals surface area contributed by atoms with Gasteiger partial charge in [0.25, 0.3) is 5.91 Å². The minimum atomic E-state index is -0.227. The largest absolute Gasteiger partial charge is 0.348 e. The van der Waals surface area contributed by atoms with Gasteiger partial charge in [0, 0.05) is 22.8 Å². The number of nitrogens with one attached hydrogen (secondary N) is 1. The van der Waals surface area contributed by atoms with Gasteiger partial charge in [-0.15, -0.1) is 0 Å². The zero-order chi connectivity index (χ0) is 13.7. The summed E-state index contributed by atoms with van der Waals surface area (Å²) < 4.78 is 0.947. The molecule has 0 atom stereocenters. The fraction of sp³-hybridized carbons (Fsp3) is 0.0714. The van der Waals surface area contributed by atoms with Crippen molar-refractivity contribution in [2.24, 2.45) is 0 Å². The Kier molecular flexibility index (Phi) is 4.26. The molecular weight excluding hydrogens is 306 g/mol. The molecule has 0 unspecified atom stereocenters. The number of hydrogen-bond acceptors (Lipinski definition) is 3. The molecule has 1 aromatic heterocycles. The van der Waals surface area contributed by atoms with E-state index < -0.39 is 0 Å². The summed E-state index contributed by atoms with van der Waals surface area (Å²) >= 11 is 3.42. The average Bonchev–Trinajstić information content (AvgIpc) is 2.46. The van der Waals surface area contributed by atoms with Crippen LogP contribution in [0.1, 0.15) is 21.6 Å². The zero-order valence-corrected chi connectivity index (χ0v) is 11.5. The molecule has 94 valence electrons. The molecule has 0 aliphatic heterocycles. The summed E-state index contributed by atoms with van der Waals surface area (Å²) in [5.41, 5.74) is 1.65. The topological polar surface area (TPSA) is 65.8 Å². The molecule has 0 aliphatic rings. The van der Waals surface area contributed by atoms with Crippen molar-refractivity contribution in [1.29, 1.82) is 5.26 Å². The highest BCUT2D eigenvalue weighted by molar-refractivity contribution is 9.10. The molecule has 1 aromatic carbocycles. The van der Waals surface area contributed by atoms with E-state index in [1.165, 1.54) is 12.3 Å². The van der Waals surface area contributed by atoms with Gasteiger partial charge in [-0.25, -0.2) is 4.98 Å². The van der Waals surface area contributed by atoms with Crippen molar-refractivity contribution in [1.82, 2.24) is 10.3 Å². The minimum Gasteiger partial charge on any atom is -0.348 e. The third-order valence-electron chi connectivity index (χ3n) is 2.53. The number of halogens is 1. The van der Waals surface area contributed by atoms with Crippen LogP contribution in [0.25, 0.3) is 0 Å². The van der Waals surface area contributed by atoms with E-state index in [0.29, 0.717) is 12.1 Å². The van der Waals surface area contributed by atoms with Gasteiger partial charge in [0.2, 0.25) is 0 Å². The summed E-state index contributed by atoms with van der Waals surface area (Å²) in [5, 5.41) is 11.5. The highest BCUT2D eigenvalue weighted by Gasteiger charge is 2.07. The molecule has 0 aliphatic carbocycles. The monoisotopic (exact) mass is 315 g/mol. The third-order valence-corrected chi connectivity index (χ3v) is 3.31. The maximum Gasteiger partial charge on any atom is 0.251 e. The van der Waals surface area contributed by atoms with E-state index in [1.807, 2.05) is 30.3 Å². The Bertz CT molecular complexity index is 649. The molecule has 5 heteroatoms. The molecule has 0 fully saturated rings. The number of hydrogen-bond donors (Lipinski definition) is 1. The van der Waals surface area contributed by atoms with Crippen LogP contribution >= 0.6 is 15.9 Å². The molecule has 0 saturated carbocycles. The van der Waals surface area contributed by atoms with Crippen molar-refractivity contribution in [2.75, 3.05) is 0 Å². The molecule has 1 N–H and O–H groups in total. The maximum atomic E-state index is 11.9. The van der Waals surface area contributed by atoms with Crippen LogP contribution in [0.15, 0.2) is 47.1 Å². The lowest BCUT2D eigenvalue weighted by Gasteiger charge is -2.07. The van der Waals surface area contributed by atoms with Crippen molar-refractivity contribution in [3.8, 4) is 6.07 Å². The number of aromatic nitrogens is 1. The normalized spacial score (nSPS) is 9.68. The molecule has 2 rings (SSSR count). The van der Waals surface area contributed by atoms with Crippen LogP contribution in [0.5, 0.6) is 0 Å². The second-order valence-electron chi connectivity index (χ2n) is 3.82. The van der Waals surface area contributed by atoms with Crippen LogP contribution < -0.4 is 5.32 Å². The quantitative estimate of drug-likeness (QED) is 0.946. The summed E-state index contributed by atoms with van der Waals surface area (Å²) in [6.07, 6.45) is 1.45. The van der Waals surface area contributed by atoms with Gasteiger partial charge in [-0.2, -0.15) is 5.26 Å². The molecule has 1 heterocycles. The van der Waals surface area contributed by atoms with E-state index >= 15 is 0 Å². The summed E-state index contributed by atoms with van der Waals surface area (Å²) in [4.78, 5) is 15.8. The lowest BCUT2D eigenvalue weighted by Crippen LogP contribution is -2.23. The number of benzene rings is 1. The van der Waals surface area contributed by atoms with E-state index in [-0.39, 0.29) is 11.6 Å². The summed E-state index contributed by atoms with van der Waals surface area (Å²) in [7, 11) is 0. The van der Waals surface area contributed by atoms with Crippen molar-refractivity contribution < 1.29 is 4.79 Å². The fourth-order valence-electron chi connectivity index (χ4n) is 1.55. The Morgan fingerprint density at radius 1 is 1.37 bits per heavy atom. The van der Waals surface area contributed by atoms with E-state index in [9.17, 15) is 4.79 Å². The van der Waals surface area contributed by atoms with Crippen LogP contribution in [0.3, 0.4) is 0 Å². The first-order valence-electron chi connectivity index (χ1n) is 5.58. The first kappa shape index (κ1) is 13.2. The second-order valence-corrected chi connectivity index (χ2v) is 4.67. The van der Waals surface area contributed by atoms with Crippen LogP contribution in [0.4, 0.5) is 0 Å². The first-order chi connectivity index (χ1) is 9.20. The number of amides is 1. The van der Waals surface area contributed by atoms with Crippen molar-refractivity contribution in [3.63, 3.8) is 0 Å². The van der Waals surface area contributed by atoms with Gasteiger partial charge in [-0.05, 0) is 23.8 Å². The van der Waals surface area contributed by atoms with Crippen LogP contribution in [-0.2, 0) is 6.54 Å². The van der Waals surface area contributed by atoms with Crippen molar-refractivity contribution in [2.45, 2.75) is 6.54 Å². The minimum absolute atomic E-state index is 0.227. The Labute approximate surface area is 119 Å². The van der Waals surface area contributed by atoms with Crippen molar-refractivity contribution >= 4 is 21.8 Å². The van der Waals surface area contributed by atoms with E-state index in [0.717, 1.165) is 10.0 Å². The summed E-state index contributed by atoms with van der Waals surface area (Å²) in [6.45, 7) is 0.421. The van der Waals surface area contributed by atoms with Crippen LogP contribution in [0.2, 0.25) is 0 Å². The highest BCUT2D eigenvalue weighted by Crippen LogP contribution is 2.15. The van der Waals surface area contributed by atoms with Gasteiger partial charge in [0.1, 0.15) is 11.8 Å². The Morgan fingerprint density at radius 2 is 2.16 bits per heavy atom. The molecule has 1 amide bonds. The first-order valence-corrected chi connectivity index (χ1v) is 6.38. The number of carbonyl (C=O) groups is 1. The molecule has 0 spiro atoms. The number of carbonyl (C=O) groups excluding carboxylic acids is 1. The number of nitrogens with zero attached hydrogens (tertiary/aromatic N) is 2. The lowest BCUT2D eigenvalue weighted by molar-refractivity contribution is 0.0950. The summed E-state index contributed by atoms with van der Waals surface area (Å²) in [6, 6.07) is 12.6. The predicted molar refractivity (Wildman–Crippen MR) is 74.3 cm³/mol. The van der Waals surface area contributed by atoms with Gasteiger partial charge in [-0.1, -0.05) is 34.1 Å². The molecule has 19 heavy (non-hydrogen) atoms. The molecule has 0 bridgehead atoms. The Hall–Kier alpha value is -2.19. The Balaban J connectivity index is 2.06. The average molecular weight is 316 g/mol. The molecular formula is C14H10BrN3O. The molecule has 0 radical (unpaired) electrons. The standard InChI is InChI=1S/C14H10BrN3O/c15-13-4-2-1-3-11(13)9-18-14(19)10-5-6-17-12(7-10)8-16/h1-7H,9H2,(H,18,19). The fourth-order valence-corrected chi connectivity index (χ4v) is 1.98. The van der Waals surface area contributed by atoms with Gasteiger partial charge in [-0.3, -0.25) is 4.79 Å². The number of nitriles is 1. The molecule has 2 aromatic rings. The number of rotatable bonds is 3. The Morgan fingerprint density at radius 3 is 2.89 bits per heavy atom. The smallest absolute Gasteiger partial charge is 0.251 e. The van der Waals surface area contributed by atoms with Gasteiger partial charge < -0.3 is 5.32 Å². The predicted octanol–water partition coefficient (Wildman–Crippen LogP) is 2.65. The van der Waals surface area contributed by atoms with Gasteiger partial charge >= 0.3 is 0 Å². The maximum absolute atomic E-state index is 11.9. The van der Waals surface area contributed by atoms with Gasteiger partial charge in [0.05, 0.1) is 0 Å². The lowest BCUT2D eigenvalue weighted by atomic mass is 10.2. The molecule has 4 nitrogen and oxygen atoms in total. The van der Waals surface area contributed by atoms with Gasteiger partial charge in [0.15, 0.2) is 0 Å². The van der Waals surface area contributed by atoms with Crippen LogP contribution in [0, 0.1) is 11.3 Å². The summed E-state index contributed by atoms with van der Waals surface area (Å²) in [5.74, 6) is -0.227. The van der Waals surface area contributed by atoms with Crippen LogP contribution in [-0.4, -0.2) is 10.9 Å². The van der Waals surface area contributed by atoms with E-state index in [4.69, 9.17) is 5.26 Å². The van der Waals surface area contributed by atoms with Crippen molar-refractivity contribution in [3.05, 3.63) is 63.9 Å². The SMILES string of the molecule is N#Cc1cc(C(=O)NCc2ccccc2Br)ccn1. The van der Waals surface area contributed by atoms with E-state index in [2.05, 4.69) is 26.2 Å². The molecule has 0 saturated heterocycles.